The van der Waals surface area contributed by atoms with Gasteiger partial charge in [-0.25, -0.2) is 4.79 Å². The summed E-state index contributed by atoms with van der Waals surface area (Å²) in [5, 5.41) is 7.92. The summed E-state index contributed by atoms with van der Waals surface area (Å²) in [5.41, 5.74) is 0. The van der Waals surface area contributed by atoms with Gasteiger partial charge in [0.2, 0.25) is 0 Å². The van der Waals surface area contributed by atoms with Crippen molar-refractivity contribution in [3.63, 3.8) is 0 Å². The number of rotatable bonds is 3. The molecule has 45 valence electrons. The summed E-state index contributed by atoms with van der Waals surface area (Å²) in [7, 11) is 0. The molecular weight excluding hydrogens is 185 g/mol. The van der Waals surface area contributed by atoms with E-state index in [2.05, 4.69) is 4.74 Å². The fraction of sp³-hybridized carbons (Fsp3) is 0.750. The van der Waals surface area contributed by atoms with Crippen LogP contribution in [-0.4, -0.2) is 24.3 Å². The molecule has 3 nitrogen and oxygen atoms in total. The van der Waals surface area contributed by atoms with Crippen LogP contribution in [0.3, 0.4) is 0 Å². The van der Waals surface area contributed by atoms with Crippen molar-refractivity contribution in [2.75, 3.05) is 13.2 Å². The van der Waals surface area contributed by atoms with Crippen LogP contribution < -0.4 is 0 Å². The van der Waals surface area contributed by atoms with E-state index in [1.165, 1.54) is 0 Å². The van der Waals surface area contributed by atoms with Gasteiger partial charge in [0.15, 0.2) is 0 Å². The van der Waals surface area contributed by atoms with E-state index in [-0.39, 0.29) is 39.3 Å². The molecule has 0 rings (SSSR count). The van der Waals surface area contributed by atoms with Crippen LogP contribution in [0.1, 0.15) is 6.92 Å². The van der Waals surface area contributed by atoms with Crippen LogP contribution in [0.2, 0.25) is 0 Å². The monoisotopic (exact) mass is 193 g/mol. The molecule has 0 spiro atoms. The Labute approximate surface area is 73.3 Å². The number of ether oxygens (including phenoxy) is 1. The molecule has 1 radical (unpaired) electrons. The van der Waals surface area contributed by atoms with E-state index in [0.717, 1.165) is 0 Å². The van der Waals surface area contributed by atoms with Crippen LogP contribution in [0.4, 0.5) is 0 Å². The molecule has 0 aliphatic rings. The van der Waals surface area contributed by atoms with Gasteiger partial charge in [-0.05, 0) is 6.92 Å². The zero-order valence-corrected chi connectivity index (χ0v) is 7.59. The standard InChI is InChI=1S/C4H8O3.Y/c1-2-7-3-4(5)6;/h2-3H2,1H3,(H,5,6);. The molecule has 0 fully saturated rings. The molecule has 0 amide bonds. The van der Waals surface area contributed by atoms with Gasteiger partial charge in [0.05, 0.1) is 0 Å². The molecular formula is C4H8O3Y. The van der Waals surface area contributed by atoms with Gasteiger partial charge in [0.1, 0.15) is 6.61 Å². The molecule has 0 aromatic rings. The number of aliphatic carboxylic acids is 1. The first-order valence-corrected chi connectivity index (χ1v) is 2.07. The maximum Gasteiger partial charge on any atom is 0.329 e. The van der Waals surface area contributed by atoms with Crippen molar-refractivity contribution in [1.29, 1.82) is 0 Å². The van der Waals surface area contributed by atoms with Gasteiger partial charge < -0.3 is 9.84 Å². The van der Waals surface area contributed by atoms with E-state index in [1.807, 2.05) is 0 Å². The van der Waals surface area contributed by atoms with Crippen molar-refractivity contribution < 1.29 is 47.3 Å². The second-order valence-electron chi connectivity index (χ2n) is 1.03. The molecule has 1 N–H and O–H groups in total. The molecule has 0 aromatic carbocycles. The van der Waals surface area contributed by atoms with Gasteiger partial charge in [-0.2, -0.15) is 0 Å². The summed E-state index contributed by atoms with van der Waals surface area (Å²) >= 11 is 0. The Balaban J connectivity index is 0. The van der Waals surface area contributed by atoms with Crippen LogP contribution in [0.15, 0.2) is 0 Å². The van der Waals surface area contributed by atoms with Gasteiger partial charge in [-0.3, -0.25) is 0 Å². The van der Waals surface area contributed by atoms with Crippen LogP contribution in [0, 0.1) is 0 Å². The van der Waals surface area contributed by atoms with Crippen LogP contribution in [-0.2, 0) is 42.2 Å². The minimum atomic E-state index is -0.915. The third-order valence-corrected chi connectivity index (χ3v) is 0.430. The molecule has 0 aliphatic heterocycles. The van der Waals surface area contributed by atoms with Crippen molar-refractivity contribution in [2.45, 2.75) is 6.92 Å². The Bertz CT molecular complexity index is 64.3. The van der Waals surface area contributed by atoms with Gasteiger partial charge in [0, 0.05) is 39.3 Å². The van der Waals surface area contributed by atoms with Gasteiger partial charge in [-0.15, -0.1) is 0 Å². The predicted octanol–water partition coefficient (Wildman–Crippen LogP) is 0.105. The number of carboxylic acid groups (broad SMARTS) is 1. The molecule has 0 heterocycles. The Hall–Kier alpha value is 0.534. The van der Waals surface area contributed by atoms with Gasteiger partial charge >= 0.3 is 5.97 Å². The second kappa shape index (κ2) is 7.53. The van der Waals surface area contributed by atoms with E-state index in [0.29, 0.717) is 6.61 Å². The van der Waals surface area contributed by atoms with Gasteiger partial charge in [0.25, 0.3) is 0 Å². The molecule has 0 aliphatic carbocycles. The van der Waals surface area contributed by atoms with Crippen LogP contribution >= 0.6 is 0 Å². The maximum atomic E-state index is 9.63. The predicted molar refractivity (Wildman–Crippen MR) is 24.1 cm³/mol. The van der Waals surface area contributed by atoms with E-state index in [4.69, 9.17) is 5.11 Å². The molecule has 0 saturated heterocycles. The van der Waals surface area contributed by atoms with E-state index < -0.39 is 5.97 Å². The van der Waals surface area contributed by atoms with Crippen molar-refractivity contribution in [3.05, 3.63) is 0 Å². The molecule has 8 heavy (non-hydrogen) atoms. The minimum Gasteiger partial charge on any atom is -0.480 e. The van der Waals surface area contributed by atoms with Crippen LogP contribution in [0.25, 0.3) is 0 Å². The third-order valence-electron chi connectivity index (χ3n) is 0.430. The van der Waals surface area contributed by atoms with Crippen molar-refractivity contribution >= 4 is 5.97 Å². The van der Waals surface area contributed by atoms with Crippen molar-refractivity contribution in [1.82, 2.24) is 0 Å². The summed E-state index contributed by atoms with van der Waals surface area (Å²) in [6.07, 6.45) is 0. The first kappa shape index (κ1) is 11.3. The number of hydrogen-bond donors (Lipinski definition) is 1. The van der Waals surface area contributed by atoms with Gasteiger partial charge in [-0.1, -0.05) is 0 Å². The number of carbonyl (C=O) groups is 1. The maximum absolute atomic E-state index is 9.63. The molecule has 4 heteroatoms. The first-order chi connectivity index (χ1) is 3.27. The summed E-state index contributed by atoms with van der Waals surface area (Å²) < 4.78 is 4.50. The summed E-state index contributed by atoms with van der Waals surface area (Å²) in [6, 6.07) is 0. The molecule has 0 saturated carbocycles. The molecule has 0 unspecified atom stereocenters. The molecule has 0 aromatic heterocycles. The fourth-order valence-electron chi connectivity index (χ4n) is 0.189. The van der Waals surface area contributed by atoms with Crippen molar-refractivity contribution in [3.8, 4) is 0 Å². The zero-order valence-electron chi connectivity index (χ0n) is 4.76. The SMILES string of the molecule is CCOCC(=O)O.[Y]. The van der Waals surface area contributed by atoms with E-state index >= 15 is 0 Å². The summed E-state index contributed by atoms with van der Waals surface area (Å²) in [6.45, 7) is 2.03. The Morgan fingerprint density at radius 2 is 2.25 bits per heavy atom. The van der Waals surface area contributed by atoms with E-state index in [1.54, 1.807) is 6.92 Å². The Kier molecular flexibility index (Phi) is 10.7. The third kappa shape index (κ3) is 9.73. The smallest absolute Gasteiger partial charge is 0.329 e. The quantitative estimate of drug-likeness (QED) is 0.691. The first-order valence-electron chi connectivity index (χ1n) is 2.07. The Morgan fingerprint density at radius 1 is 1.75 bits per heavy atom. The average molecular weight is 193 g/mol. The fourth-order valence-corrected chi connectivity index (χ4v) is 0.189. The largest absolute Gasteiger partial charge is 0.480 e. The summed E-state index contributed by atoms with van der Waals surface area (Å²) in [5.74, 6) is -0.915. The second-order valence-corrected chi connectivity index (χ2v) is 1.03. The van der Waals surface area contributed by atoms with E-state index in [9.17, 15) is 4.79 Å². The van der Waals surface area contributed by atoms with Crippen LogP contribution in [0.5, 0.6) is 0 Å². The average Bonchev–Trinajstić information content (AvgIpc) is 1.61. The van der Waals surface area contributed by atoms with Crippen molar-refractivity contribution in [2.24, 2.45) is 0 Å². The Morgan fingerprint density at radius 3 is 2.38 bits per heavy atom. The molecule has 0 atom stereocenters. The summed E-state index contributed by atoms with van der Waals surface area (Å²) in [4.78, 5) is 9.63. The number of hydrogen-bond acceptors (Lipinski definition) is 2. The molecule has 0 bridgehead atoms. The minimum absolute atomic E-state index is 0. The topological polar surface area (TPSA) is 46.5 Å². The zero-order chi connectivity index (χ0) is 5.70. The normalized spacial score (nSPS) is 7.62. The number of carboxylic acids is 1.